The molecule has 3 heteroatoms. The molecule has 0 bridgehead atoms. The highest BCUT2D eigenvalue weighted by molar-refractivity contribution is 5.79. The molecule has 0 saturated carbocycles. The number of piperidine rings is 1. The third-order valence-electron chi connectivity index (χ3n) is 4.56. The lowest BCUT2D eigenvalue weighted by molar-refractivity contribution is -0.126. The molecule has 1 fully saturated rings. The van der Waals surface area contributed by atoms with Gasteiger partial charge in [-0.15, -0.1) is 0 Å². The van der Waals surface area contributed by atoms with Crippen molar-refractivity contribution in [2.75, 3.05) is 19.6 Å². The molecule has 17 heavy (non-hydrogen) atoms. The third-order valence-corrected chi connectivity index (χ3v) is 4.56. The van der Waals surface area contributed by atoms with Crippen LogP contribution >= 0.6 is 0 Å². The van der Waals surface area contributed by atoms with Crippen LogP contribution in [0.15, 0.2) is 0 Å². The second kappa shape index (κ2) is 7.00. The summed E-state index contributed by atoms with van der Waals surface area (Å²) in [6.45, 7) is 9.42. The Hall–Kier alpha value is -0.570. The van der Waals surface area contributed by atoms with Crippen molar-refractivity contribution in [3.63, 3.8) is 0 Å². The summed E-state index contributed by atoms with van der Waals surface area (Å²) in [5.74, 6) is 0.434. The molecular formula is C14H28N2O. The van der Waals surface area contributed by atoms with Crippen molar-refractivity contribution in [2.45, 2.75) is 52.9 Å². The summed E-state index contributed by atoms with van der Waals surface area (Å²) in [6, 6.07) is 0. The van der Waals surface area contributed by atoms with Gasteiger partial charge in [-0.3, -0.25) is 4.79 Å². The summed E-state index contributed by atoms with van der Waals surface area (Å²) in [5.41, 5.74) is 0.303. The van der Waals surface area contributed by atoms with Gasteiger partial charge in [-0.05, 0) is 44.1 Å². The Kier molecular flexibility index (Phi) is 5.96. The van der Waals surface area contributed by atoms with Crippen LogP contribution < -0.4 is 10.6 Å². The summed E-state index contributed by atoms with van der Waals surface area (Å²) in [6.07, 6.45) is 5.59. The Bertz CT molecular complexity index is 222. The molecule has 1 amide bonds. The number of hydrogen-bond acceptors (Lipinski definition) is 2. The topological polar surface area (TPSA) is 41.1 Å². The summed E-state index contributed by atoms with van der Waals surface area (Å²) in [4.78, 5) is 12.0. The van der Waals surface area contributed by atoms with E-state index in [4.69, 9.17) is 0 Å². The molecule has 0 spiro atoms. The average molecular weight is 240 g/mol. The molecule has 1 rings (SSSR count). The maximum absolute atomic E-state index is 12.0. The van der Waals surface area contributed by atoms with Gasteiger partial charge in [0.1, 0.15) is 0 Å². The average Bonchev–Trinajstić information content (AvgIpc) is 2.41. The number of carbonyl (C=O) groups excluding carboxylic acids is 1. The number of hydrogen-bond donors (Lipinski definition) is 2. The van der Waals surface area contributed by atoms with Gasteiger partial charge in [0.15, 0.2) is 0 Å². The summed E-state index contributed by atoms with van der Waals surface area (Å²) >= 11 is 0. The highest BCUT2D eigenvalue weighted by Crippen LogP contribution is 2.29. The van der Waals surface area contributed by atoms with E-state index in [1.54, 1.807) is 0 Å². The standard InChI is InChI=1S/C14H28N2O/c1-4-14(5-2,6-3)11-16-13(17)12-8-7-9-15-10-12/h12,15H,4-11H2,1-3H3,(H,16,17). The van der Waals surface area contributed by atoms with E-state index >= 15 is 0 Å². The van der Waals surface area contributed by atoms with Gasteiger partial charge in [-0.2, -0.15) is 0 Å². The normalized spacial score (nSPS) is 21.2. The molecule has 1 saturated heterocycles. The molecule has 0 aliphatic carbocycles. The van der Waals surface area contributed by atoms with Gasteiger partial charge in [0.25, 0.3) is 0 Å². The smallest absolute Gasteiger partial charge is 0.224 e. The first kappa shape index (κ1) is 14.5. The second-order valence-electron chi connectivity index (χ2n) is 5.32. The minimum Gasteiger partial charge on any atom is -0.355 e. The van der Waals surface area contributed by atoms with Crippen LogP contribution in [0.3, 0.4) is 0 Å². The molecule has 1 aliphatic heterocycles. The van der Waals surface area contributed by atoms with Gasteiger partial charge < -0.3 is 10.6 Å². The van der Waals surface area contributed by atoms with Gasteiger partial charge in [-0.1, -0.05) is 20.8 Å². The lowest BCUT2D eigenvalue weighted by atomic mass is 9.79. The Morgan fingerprint density at radius 1 is 1.29 bits per heavy atom. The van der Waals surface area contributed by atoms with Crippen molar-refractivity contribution in [1.82, 2.24) is 10.6 Å². The largest absolute Gasteiger partial charge is 0.355 e. The van der Waals surface area contributed by atoms with Crippen LogP contribution in [-0.4, -0.2) is 25.5 Å². The molecule has 1 unspecified atom stereocenters. The zero-order valence-corrected chi connectivity index (χ0v) is 11.6. The molecule has 0 aromatic heterocycles. The molecule has 0 radical (unpaired) electrons. The van der Waals surface area contributed by atoms with Crippen molar-refractivity contribution in [1.29, 1.82) is 0 Å². The zero-order valence-electron chi connectivity index (χ0n) is 11.6. The first-order valence-electron chi connectivity index (χ1n) is 7.16. The summed E-state index contributed by atoms with van der Waals surface area (Å²) in [5, 5.41) is 6.46. The van der Waals surface area contributed by atoms with Crippen LogP contribution in [0.1, 0.15) is 52.9 Å². The third kappa shape index (κ3) is 3.98. The van der Waals surface area contributed by atoms with E-state index in [0.29, 0.717) is 5.41 Å². The number of nitrogens with one attached hydrogen (secondary N) is 2. The van der Waals surface area contributed by atoms with E-state index in [0.717, 1.165) is 51.7 Å². The SMILES string of the molecule is CCC(CC)(CC)CNC(=O)C1CCCNC1. The van der Waals surface area contributed by atoms with Crippen molar-refractivity contribution >= 4 is 5.91 Å². The first-order chi connectivity index (χ1) is 8.17. The molecule has 100 valence electrons. The fraction of sp³-hybridized carbons (Fsp3) is 0.929. The lowest BCUT2D eigenvalue weighted by Crippen LogP contribution is -2.44. The van der Waals surface area contributed by atoms with Gasteiger partial charge in [-0.25, -0.2) is 0 Å². The van der Waals surface area contributed by atoms with Gasteiger partial charge >= 0.3 is 0 Å². The summed E-state index contributed by atoms with van der Waals surface area (Å²) < 4.78 is 0. The van der Waals surface area contributed by atoms with Crippen LogP contribution in [-0.2, 0) is 4.79 Å². The van der Waals surface area contributed by atoms with E-state index < -0.39 is 0 Å². The van der Waals surface area contributed by atoms with Crippen LogP contribution in [0.4, 0.5) is 0 Å². The van der Waals surface area contributed by atoms with Gasteiger partial charge in [0, 0.05) is 13.1 Å². The number of rotatable bonds is 6. The van der Waals surface area contributed by atoms with E-state index in [1.165, 1.54) is 0 Å². The predicted molar refractivity (Wildman–Crippen MR) is 71.9 cm³/mol. The van der Waals surface area contributed by atoms with Crippen molar-refractivity contribution < 1.29 is 4.79 Å². The molecule has 2 N–H and O–H groups in total. The molecule has 1 atom stereocenters. The monoisotopic (exact) mass is 240 g/mol. The van der Waals surface area contributed by atoms with Crippen LogP contribution in [0.5, 0.6) is 0 Å². The molecule has 3 nitrogen and oxygen atoms in total. The molecular weight excluding hydrogens is 212 g/mol. The highest BCUT2D eigenvalue weighted by atomic mass is 16.1. The quantitative estimate of drug-likeness (QED) is 0.748. The Balaban J connectivity index is 2.40. The number of amides is 1. The summed E-state index contributed by atoms with van der Waals surface area (Å²) in [7, 11) is 0. The van der Waals surface area contributed by atoms with Crippen LogP contribution in [0.25, 0.3) is 0 Å². The minimum absolute atomic E-state index is 0.187. The second-order valence-corrected chi connectivity index (χ2v) is 5.32. The fourth-order valence-electron chi connectivity index (χ4n) is 2.62. The van der Waals surface area contributed by atoms with E-state index in [2.05, 4.69) is 31.4 Å². The Morgan fingerprint density at radius 3 is 2.41 bits per heavy atom. The molecule has 0 aromatic carbocycles. The Labute approximate surface area is 106 Å². The molecule has 1 aliphatic rings. The maximum Gasteiger partial charge on any atom is 0.224 e. The minimum atomic E-state index is 0.187. The highest BCUT2D eigenvalue weighted by Gasteiger charge is 2.27. The van der Waals surface area contributed by atoms with E-state index in [9.17, 15) is 4.79 Å². The van der Waals surface area contributed by atoms with E-state index in [1.807, 2.05) is 0 Å². The van der Waals surface area contributed by atoms with Crippen molar-refractivity contribution in [3.8, 4) is 0 Å². The molecule has 0 aromatic rings. The van der Waals surface area contributed by atoms with Crippen LogP contribution in [0.2, 0.25) is 0 Å². The van der Waals surface area contributed by atoms with Crippen molar-refractivity contribution in [2.24, 2.45) is 11.3 Å². The van der Waals surface area contributed by atoms with E-state index in [-0.39, 0.29) is 11.8 Å². The zero-order chi connectivity index (χ0) is 12.7. The van der Waals surface area contributed by atoms with Crippen molar-refractivity contribution in [3.05, 3.63) is 0 Å². The molecule has 1 heterocycles. The van der Waals surface area contributed by atoms with Gasteiger partial charge in [0.05, 0.1) is 5.92 Å². The van der Waals surface area contributed by atoms with Crippen LogP contribution in [0, 0.1) is 11.3 Å². The number of carbonyl (C=O) groups is 1. The lowest BCUT2D eigenvalue weighted by Gasteiger charge is -2.32. The Morgan fingerprint density at radius 2 is 1.94 bits per heavy atom. The maximum atomic E-state index is 12.0. The first-order valence-corrected chi connectivity index (χ1v) is 7.16. The fourth-order valence-corrected chi connectivity index (χ4v) is 2.62. The predicted octanol–water partition coefficient (Wildman–Crippen LogP) is 2.32. The van der Waals surface area contributed by atoms with Gasteiger partial charge in [0.2, 0.25) is 5.91 Å².